The summed E-state index contributed by atoms with van der Waals surface area (Å²) in [5.41, 5.74) is 0.421. The third-order valence-corrected chi connectivity index (χ3v) is 4.12. The molecule has 0 aliphatic heterocycles. The van der Waals surface area contributed by atoms with Gasteiger partial charge in [0.15, 0.2) is 5.82 Å². The van der Waals surface area contributed by atoms with E-state index in [1.807, 2.05) is 32.9 Å². The van der Waals surface area contributed by atoms with Crippen LogP contribution in [0.3, 0.4) is 0 Å². The highest BCUT2D eigenvalue weighted by molar-refractivity contribution is 5.83. The summed E-state index contributed by atoms with van der Waals surface area (Å²) in [4.78, 5) is 30.8. The third kappa shape index (κ3) is 3.49. The number of carbonyl (C=O) groups is 1. The number of benzene rings is 1. The summed E-state index contributed by atoms with van der Waals surface area (Å²) in [6, 6.07) is 7.24. The standard InChI is InChI=1S/C18H21N5O3/c1-11(2)17-19-15(21-26-17)9-22(4)16(24)10-23-18(25)14-8-6-5-7-13(14)12(3)20-23/h5-8,11H,9-10H2,1-4H3. The van der Waals surface area contributed by atoms with E-state index in [2.05, 4.69) is 15.2 Å². The van der Waals surface area contributed by atoms with Crippen molar-refractivity contribution in [2.24, 2.45) is 0 Å². The van der Waals surface area contributed by atoms with Crippen LogP contribution in [0.15, 0.2) is 33.6 Å². The Morgan fingerprint density at radius 2 is 1.96 bits per heavy atom. The molecule has 8 nitrogen and oxygen atoms in total. The van der Waals surface area contributed by atoms with Gasteiger partial charge in [-0.15, -0.1) is 0 Å². The van der Waals surface area contributed by atoms with E-state index in [9.17, 15) is 9.59 Å². The second-order valence-electron chi connectivity index (χ2n) is 6.55. The van der Waals surface area contributed by atoms with Gasteiger partial charge in [0, 0.05) is 18.4 Å². The molecule has 0 bridgehead atoms. The summed E-state index contributed by atoms with van der Waals surface area (Å²) in [6.45, 7) is 5.78. The Morgan fingerprint density at radius 1 is 1.27 bits per heavy atom. The highest BCUT2D eigenvalue weighted by atomic mass is 16.5. The molecule has 0 aliphatic rings. The molecule has 0 unspecified atom stereocenters. The third-order valence-electron chi connectivity index (χ3n) is 4.12. The number of amides is 1. The first-order valence-corrected chi connectivity index (χ1v) is 8.39. The second kappa shape index (κ2) is 7.07. The Kier molecular flexibility index (Phi) is 4.83. The first-order chi connectivity index (χ1) is 12.4. The first-order valence-electron chi connectivity index (χ1n) is 8.39. The molecule has 1 amide bonds. The van der Waals surface area contributed by atoms with E-state index in [4.69, 9.17) is 4.52 Å². The van der Waals surface area contributed by atoms with Gasteiger partial charge < -0.3 is 9.42 Å². The monoisotopic (exact) mass is 355 g/mol. The maximum Gasteiger partial charge on any atom is 0.275 e. The number of hydrogen-bond acceptors (Lipinski definition) is 6. The van der Waals surface area contributed by atoms with Crippen molar-refractivity contribution in [3.8, 4) is 0 Å². The summed E-state index contributed by atoms with van der Waals surface area (Å²) in [6.07, 6.45) is 0. The van der Waals surface area contributed by atoms with Crippen LogP contribution < -0.4 is 5.56 Å². The van der Waals surface area contributed by atoms with Gasteiger partial charge in [0.05, 0.1) is 17.6 Å². The zero-order valence-corrected chi connectivity index (χ0v) is 15.3. The number of rotatable bonds is 5. The van der Waals surface area contributed by atoms with Crippen LogP contribution in [-0.2, 0) is 17.9 Å². The van der Waals surface area contributed by atoms with E-state index >= 15 is 0 Å². The van der Waals surface area contributed by atoms with Crippen molar-refractivity contribution in [2.75, 3.05) is 7.05 Å². The molecule has 0 fully saturated rings. The van der Waals surface area contributed by atoms with E-state index in [1.54, 1.807) is 19.2 Å². The van der Waals surface area contributed by atoms with Crippen LogP contribution >= 0.6 is 0 Å². The van der Waals surface area contributed by atoms with Gasteiger partial charge in [-0.3, -0.25) is 9.59 Å². The first kappa shape index (κ1) is 17.8. The quantitative estimate of drug-likeness (QED) is 0.693. The normalized spacial score (nSPS) is 11.3. The molecule has 2 heterocycles. The Morgan fingerprint density at radius 3 is 2.62 bits per heavy atom. The van der Waals surface area contributed by atoms with E-state index < -0.39 is 0 Å². The molecule has 0 atom stereocenters. The zero-order valence-electron chi connectivity index (χ0n) is 15.3. The highest BCUT2D eigenvalue weighted by Crippen LogP contribution is 2.13. The minimum absolute atomic E-state index is 0.126. The lowest BCUT2D eigenvalue weighted by Gasteiger charge is -2.16. The molecule has 1 aromatic carbocycles. The number of nitrogens with zero attached hydrogens (tertiary/aromatic N) is 5. The fourth-order valence-electron chi connectivity index (χ4n) is 2.63. The Balaban J connectivity index is 1.77. The van der Waals surface area contributed by atoms with Gasteiger partial charge >= 0.3 is 0 Å². The Bertz CT molecular complexity index is 1010. The smallest absolute Gasteiger partial charge is 0.275 e. The predicted octanol–water partition coefficient (Wildman–Crippen LogP) is 1.87. The van der Waals surface area contributed by atoms with Crippen molar-refractivity contribution in [1.82, 2.24) is 24.8 Å². The second-order valence-corrected chi connectivity index (χ2v) is 6.55. The summed E-state index contributed by atoms with van der Waals surface area (Å²) in [5, 5.41) is 9.48. The minimum Gasteiger partial charge on any atom is -0.339 e. The molecule has 0 spiro atoms. The molecule has 3 aromatic rings. The van der Waals surface area contributed by atoms with E-state index in [0.717, 1.165) is 5.39 Å². The van der Waals surface area contributed by atoms with Crippen LogP contribution in [-0.4, -0.2) is 37.8 Å². The molecule has 0 N–H and O–H groups in total. The summed E-state index contributed by atoms with van der Waals surface area (Å²) < 4.78 is 6.34. The summed E-state index contributed by atoms with van der Waals surface area (Å²) in [5.74, 6) is 0.828. The molecule has 2 aromatic heterocycles. The van der Waals surface area contributed by atoms with Crippen LogP contribution in [0, 0.1) is 6.92 Å². The van der Waals surface area contributed by atoms with E-state index in [0.29, 0.717) is 22.8 Å². The van der Waals surface area contributed by atoms with Gasteiger partial charge in [-0.25, -0.2) is 4.68 Å². The number of likely N-dealkylation sites (N-methyl/N-ethyl adjacent to an activating group) is 1. The topological polar surface area (TPSA) is 94.1 Å². The molecule has 0 radical (unpaired) electrons. The van der Waals surface area contributed by atoms with Crippen LogP contribution in [0.25, 0.3) is 10.8 Å². The fourth-order valence-corrected chi connectivity index (χ4v) is 2.63. The SMILES string of the molecule is Cc1nn(CC(=O)N(C)Cc2noc(C(C)C)n2)c(=O)c2ccccc12. The molecular formula is C18H21N5O3. The van der Waals surface area contributed by atoms with Crippen molar-refractivity contribution >= 4 is 16.7 Å². The molecule has 3 rings (SSSR count). The van der Waals surface area contributed by atoms with Crippen molar-refractivity contribution in [3.05, 3.63) is 52.0 Å². The molecule has 0 saturated heterocycles. The molecule has 26 heavy (non-hydrogen) atoms. The number of aryl methyl sites for hydroxylation is 1. The fraction of sp³-hybridized carbons (Fsp3) is 0.389. The van der Waals surface area contributed by atoms with E-state index in [1.165, 1.54) is 9.58 Å². The highest BCUT2D eigenvalue weighted by Gasteiger charge is 2.17. The lowest BCUT2D eigenvalue weighted by Crippen LogP contribution is -2.35. The van der Waals surface area contributed by atoms with Gasteiger partial charge in [-0.1, -0.05) is 37.2 Å². The predicted molar refractivity (Wildman–Crippen MR) is 95.6 cm³/mol. The average molecular weight is 355 g/mol. The molecule has 8 heteroatoms. The minimum atomic E-state index is -0.283. The number of hydrogen-bond donors (Lipinski definition) is 0. The lowest BCUT2D eigenvalue weighted by atomic mass is 10.1. The largest absolute Gasteiger partial charge is 0.339 e. The summed E-state index contributed by atoms with van der Waals surface area (Å²) >= 11 is 0. The Labute approximate surface area is 150 Å². The van der Waals surface area contributed by atoms with Gasteiger partial charge in [0.1, 0.15) is 6.54 Å². The molecule has 0 aliphatic carbocycles. The van der Waals surface area contributed by atoms with Crippen molar-refractivity contribution in [3.63, 3.8) is 0 Å². The van der Waals surface area contributed by atoms with Crippen molar-refractivity contribution in [1.29, 1.82) is 0 Å². The van der Waals surface area contributed by atoms with Crippen LogP contribution in [0.5, 0.6) is 0 Å². The number of carbonyl (C=O) groups excluding carboxylic acids is 1. The van der Waals surface area contributed by atoms with Gasteiger partial charge in [-0.2, -0.15) is 10.1 Å². The van der Waals surface area contributed by atoms with Crippen LogP contribution in [0.2, 0.25) is 0 Å². The Hall–Kier alpha value is -3.03. The van der Waals surface area contributed by atoms with Crippen LogP contribution in [0.1, 0.15) is 37.2 Å². The molecular weight excluding hydrogens is 334 g/mol. The maximum atomic E-state index is 12.6. The zero-order chi connectivity index (χ0) is 18.8. The average Bonchev–Trinajstić information content (AvgIpc) is 3.08. The van der Waals surface area contributed by atoms with Gasteiger partial charge in [-0.05, 0) is 13.0 Å². The van der Waals surface area contributed by atoms with Gasteiger partial charge in [0.25, 0.3) is 5.56 Å². The van der Waals surface area contributed by atoms with Crippen molar-refractivity contribution in [2.45, 2.75) is 39.8 Å². The number of fused-ring (bicyclic) bond motifs is 1. The number of aromatic nitrogens is 4. The molecule has 0 saturated carbocycles. The van der Waals surface area contributed by atoms with Crippen molar-refractivity contribution < 1.29 is 9.32 Å². The summed E-state index contributed by atoms with van der Waals surface area (Å²) in [7, 11) is 1.63. The van der Waals surface area contributed by atoms with E-state index in [-0.39, 0.29) is 30.5 Å². The van der Waals surface area contributed by atoms with Crippen LogP contribution in [0.4, 0.5) is 0 Å². The lowest BCUT2D eigenvalue weighted by molar-refractivity contribution is -0.131. The molecule has 136 valence electrons. The van der Waals surface area contributed by atoms with Gasteiger partial charge in [0.2, 0.25) is 11.8 Å². The maximum absolute atomic E-state index is 12.6.